The van der Waals surface area contributed by atoms with Gasteiger partial charge in [0.25, 0.3) is 0 Å². The van der Waals surface area contributed by atoms with E-state index in [0.717, 1.165) is 32.2 Å². The van der Waals surface area contributed by atoms with Gasteiger partial charge in [0.15, 0.2) is 0 Å². The molecular weight excluding hydrogens is 272 g/mol. The maximum Gasteiger partial charge on any atom is 0.303 e. The standard InChI is InChI=1S/C15H28N2O4/c1-17(2)8-10-21-9-7-16-13(18)11-15(12-14(19)20)5-3-4-6-15/h3-12H2,1-2H3,(H,16,18)(H,19,20). The van der Waals surface area contributed by atoms with E-state index in [1.807, 2.05) is 19.0 Å². The molecule has 6 nitrogen and oxygen atoms in total. The quantitative estimate of drug-likeness (QED) is 0.591. The monoisotopic (exact) mass is 300 g/mol. The van der Waals surface area contributed by atoms with Gasteiger partial charge in [0.05, 0.1) is 19.6 Å². The molecule has 21 heavy (non-hydrogen) atoms. The molecule has 0 bridgehead atoms. The van der Waals surface area contributed by atoms with Gasteiger partial charge < -0.3 is 20.1 Å². The molecule has 2 N–H and O–H groups in total. The summed E-state index contributed by atoms with van der Waals surface area (Å²) in [7, 11) is 3.96. The molecule has 1 saturated carbocycles. The summed E-state index contributed by atoms with van der Waals surface area (Å²) in [5.74, 6) is -0.869. The zero-order chi connectivity index (χ0) is 15.7. The number of carboxylic acids is 1. The predicted molar refractivity (Wildman–Crippen MR) is 80.2 cm³/mol. The van der Waals surface area contributed by atoms with Gasteiger partial charge in [-0.2, -0.15) is 0 Å². The van der Waals surface area contributed by atoms with Crippen molar-refractivity contribution in [3.05, 3.63) is 0 Å². The lowest BCUT2D eigenvalue weighted by Gasteiger charge is -2.26. The SMILES string of the molecule is CN(C)CCOCCNC(=O)CC1(CC(=O)O)CCCC1. The van der Waals surface area contributed by atoms with Crippen molar-refractivity contribution in [2.75, 3.05) is 40.4 Å². The van der Waals surface area contributed by atoms with Crippen LogP contribution in [-0.4, -0.2) is 62.3 Å². The van der Waals surface area contributed by atoms with Gasteiger partial charge in [-0.05, 0) is 32.4 Å². The Labute approximate surface area is 126 Å². The van der Waals surface area contributed by atoms with Crippen LogP contribution in [0.15, 0.2) is 0 Å². The third-order valence-electron chi connectivity index (χ3n) is 3.98. The smallest absolute Gasteiger partial charge is 0.303 e. The van der Waals surface area contributed by atoms with Gasteiger partial charge in [0.1, 0.15) is 0 Å². The topological polar surface area (TPSA) is 78.9 Å². The number of hydrogen-bond acceptors (Lipinski definition) is 4. The highest BCUT2D eigenvalue weighted by Crippen LogP contribution is 2.43. The number of nitrogens with zero attached hydrogens (tertiary/aromatic N) is 1. The number of aliphatic carboxylic acids is 1. The van der Waals surface area contributed by atoms with Crippen LogP contribution in [0.2, 0.25) is 0 Å². The normalized spacial score (nSPS) is 17.1. The number of ether oxygens (including phenoxy) is 1. The molecule has 1 amide bonds. The number of carbonyl (C=O) groups is 2. The van der Waals surface area contributed by atoms with Crippen LogP contribution in [0, 0.1) is 5.41 Å². The van der Waals surface area contributed by atoms with Gasteiger partial charge >= 0.3 is 5.97 Å². The molecule has 0 aliphatic heterocycles. The van der Waals surface area contributed by atoms with Gasteiger partial charge in [0.2, 0.25) is 5.91 Å². The highest BCUT2D eigenvalue weighted by atomic mass is 16.5. The molecule has 122 valence electrons. The Bertz CT molecular complexity index is 339. The van der Waals surface area contributed by atoms with E-state index >= 15 is 0 Å². The van der Waals surface area contributed by atoms with Crippen LogP contribution in [0.5, 0.6) is 0 Å². The van der Waals surface area contributed by atoms with Crippen LogP contribution in [-0.2, 0) is 14.3 Å². The Morgan fingerprint density at radius 2 is 1.86 bits per heavy atom. The molecule has 0 aromatic rings. The first-order valence-corrected chi connectivity index (χ1v) is 7.64. The maximum atomic E-state index is 12.0. The number of nitrogens with one attached hydrogen (secondary N) is 1. The zero-order valence-corrected chi connectivity index (χ0v) is 13.2. The number of hydrogen-bond donors (Lipinski definition) is 2. The Morgan fingerprint density at radius 1 is 1.19 bits per heavy atom. The Hall–Kier alpha value is -1.14. The molecule has 1 aliphatic rings. The lowest BCUT2D eigenvalue weighted by Crippen LogP contribution is -2.34. The summed E-state index contributed by atoms with van der Waals surface area (Å²) in [6.45, 7) is 2.47. The lowest BCUT2D eigenvalue weighted by molar-refractivity contribution is -0.140. The van der Waals surface area contributed by atoms with Crippen molar-refractivity contribution in [1.29, 1.82) is 0 Å². The van der Waals surface area contributed by atoms with Crippen molar-refractivity contribution in [1.82, 2.24) is 10.2 Å². The van der Waals surface area contributed by atoms with Gasteiger partial charge in [0, 0.05) is 19.5 Å². The van der Waals surface area contributed by atoms with Crippen molar-refractivity contribution >= 4 is 11.9 Å². The van der Waals surface area contributed by atoms with Crippen molar-refractivity contribution in [3.63, 3.8) is 0 Å². The largest absolute Gasteiger partial charge is 0.481 e. The number of likely N-dealkylation sites (N-methyl/N-ethyl adjacent to an activating group) is 1. The first kappa shape index (κ1) is 17.9. The minimum Gasteiger partial charge on any atom is -0.481 e. The van der Waals surface area contributed by atoms with Gasteiger partial charge in [-0.25, -0.2) is 0 Å². The van der Waals surface area contributed by atoms with E-state index in [4.69, 9.17) is 9.84 Å². The van der Waals surface area contributed by atoms with E-state index < -0.39 is 5.97 Å². The molecule has 0 atom stereocenters. The van der Waals surface area contributed by atoms with Crippen LogP contribution < -0.4 is 5.32 Å². The van der Waals surface area contributed by atoms with Crippen molar-refractivity contribution in [3.8, 4) is 0 Å². The average Bonchev–Trinajstić information content (AvgIpc) is 2.80. The summed E-state index contributed by atoms with van der Waals surface area (Å²) in [4.78, 5) is 25.0. The minimum atomic E-state index is -0.809. The van der Waals surface area contributed by atoms with E-state index in [9.17, 15) is 9.59 Å². The van der Waals surface area contributed by atoms with E-state index in [-0.39, 0.29) is 17.7 Å². The summed E-state index contributed by atoms with van der Waals surface area (Å²) in [5, 5.41) is 11.8. The van der Waals surface area contributed by atoms with E-state index in [1.165, 1.54) is 0 Å². The Morgan fingerprint density at radius 3 is 2.43 bits per heavy atom. The molecule has 6 heteroatoms. The van der Waals surface area contributed by atoms with E-state index in [1.54, 1.807) is 0 Å². The number of rotatable bonds is 10. The summed E-state index contributed by atoms with van der Waals surface area (Å²) >= 11 is 0. The molecule has 1 aliphatic carbocycles. The Balaban J connectivity index is 2.21. The Kier molecular flexibility index (Phi) is 7.67. The van der Waals surface area contributed by atoms with Crippen LogP contribution in [0.25, 0.3) is 0 Å². The lowest BCUT2D eigenvalue weighted by atomic mass is 9.79. The summed E-state index contributed by atoms with van der Waals surface area (Å²) in [6, 6.07) is 0. The minimum absolute atomic E-state index is 0.0608. The molecule has 0 aromatic heterocycles. The second-order valence-electron chi connectivity index (χ2n) is 6.22. The predicted octanol–water partition coefficient (Wildman–Crippen LogP) is 1.11. The molecule has 1 rings (SSSR count). The first-order chi connectivity index (χ1) is 9.93. The van der Waals surface area contributed by atoms with Crippen molar-refractivity contribution in [2.45, 2.75) is 38.5 Å². The molecule has 0 aromatic carbocycles. The van der Waals surface area contributed by atoms with Crippen LogP contribution in [0.4, 0.5) is 0 Å². The number of carbonyl (C=O) groups excluding carboxylic acids is 1. The fourth-order valence-corrected chi connectivity index (χ4v) is 2.88. The fourth-order valence-electron chi connectivity index (χ4n) is 2.88. The van der Waals surface area contributed by atoms with E-state index in [2.05, 4.69) is 5.32 Å². The number of amides is 1. The second-order valence-corrected chi connectivity index (χ2v) is 6.22. The molecule has 0 radical (unpaired) electrons. The number of carboxylic acid groups (broad SMARTS) is 1. The molecule has 0 heterocycles. The molecule has 0 spiro atoms. The van der Waals surface area contributed by atoms with Crippen LogP contribution in [0.1, 0.15) is 38.5 Å². The first-order valence-electron chi connectivity index (χ1n) is 7.64. The second kappa shape index (κ2) is 9.00. The fraction of sp³-hybridized carbons (Fsp3) is 0.867. The third-order valence-corrected chi connectivity index (χ3v) is 3.98. The van der Waals surface area contributed by atoms with Gasteiger partial charge in [-0.3, -0.25) is 9.59 Å². The van der Waals surface area contributed by atoms with Crippen LogP contribution in [0.3, 0.4) is 0 Å². The molecule has 1 fully saturated rings. The highest BCUT2D eigenvalue weighted by molar-refractivity contribution is 5.78. The summed E-state index contributed by atoms with van der Waals surface area (Å²) in [6.07, 6.45) is 4.14. The summed E-state index contributed by atoms with van der Waals surface area (Å²) < 4.78 is 5.40. The third kappa shape index (κ3) is 7.43. The average molecular weight is 300 g/mol. The molecular formula is C15H28N2O4. The van der Waals surface area contributed by atoms with Gasteiger partial charge in [-0.15, -0.1) is 0 Å². The molecule has 0 unspecified atom stereocenters. The van der Waals surface area contributed by atoms with Crippen molar-refractivity contribution in [2.24, 2.45) is 5.41 Å². The van der Waals surface area contributed by atoms with Gasteiger partial charge in [-0.1, -0.05) is 12.8 Å². The van der Waals surface area contributed by atoms with Crippen molar-refractivity contribution < 1.29 is 19.4 Å². The van der Waals surface area contributed by atoms with Crippen LogP contribution >= 0.6 is 0 Å². The highest BCUT2D eigenvalue weighted by Gasteiger charge is 2.37. The summed E-state index contributed by atoms with van der Waals surface area (Å²) in [5.41, 5.74) is -0.332. The zero-order valence-electron chi connectivity index (χ0n) is 13.2. The molecule has 0 saturated heterocycles. The maximum absolute atomic E-state index is 12.0. The van der Waals surface area contributed by atoms with E-state index in [0.29, 0.717) is 26.2 Å².